The summed E-state index contributed by atoms with van der Waals surface area (Å²) in [5.41, 5.74) is 2.78. The molecule has 1 nitrogen and oxygen atoms in total. The summed E-state index contributed by atoms with van der Waals surface area (Å²) in [6.45, 7) is 0.886. The van der Waals surface area contributed by atoms with Gasteiger partial charge in [0, 0.05) is 12.5 Å². The Hall–Kier alpha value is -1.60. The molecular formula is C17H18O. The number of benzene rings is 2. The molecule has 1 heterocycles. The molecule has 2 unspecified atom stereocenters. The number of hydrogen-bond acceptors (Lipinski definition) is 1. The van der Waals surface area contributed by atoms with E-state index in [4.69, 9.17) is 4.74 Å². The molecule has 1 fully saturated rings. The van der Waals surface area contributed by atoms with Crippen LogP contribution in [0.1, 0.15) is 23.5 Å². The highest BCUT2D eigenvalue weighted by molar-refractivity contribution is 5.24. The third-order valence-corrected chi connectivity index (χ3v) is 3.72. The lowest BCUT2D eigenvalue weighted by Gasteiger charge is -2.19. The van der Waals surface area contributed by atoms with Gasteiger partial charge in [-0.15, -0.1) is 0 Å². The van der Waals surface area contributed by atoms with Crippen LogP contribution in [0.5, 0.6) is 0 Å². The van der Waals surface area contributed by atoms with E-state index in [9.17, 15) is 0 Å². The van der Waals surface area contributed by atoms with Crippen LogP contribution in [0.4, 0.5) is 0 Å². The van der Waals surface area contributed by atoms with Crippen molar-refractivity contribution in [3.05, 3.63) is 71.8 Å². The average molecular weight is 238 g/mol. The zero-order chi connectivity index (χ0) is 12.2. The molecule has 0 bridgehead atoms. The lowest BCUT2D eigenvalue weighted by molar-refractivity contribution is 0.104. The van der Waals surface area contributed by atoms with Gasteiger partial charge in [0.1, 0.15) is 0 Å². The second-order valence-corrected chi connectivity index (χ2v) is 4.90. The maximum absolute atomic E-state index is 5.92. The molecule has 0 amide bonds. The maximum Gasteiger partial charge on any atom is 0.0684 e. The Morgan fingerprint density at radius 1 is 0.889 bits per heavy atom. The molecule has 0 spiro atoms. The maximum atomic E-state index is 5.92. The largest absolute Gasteiger partial charge is 0.377 e. The van der Waals surface area contributed by atoms with Gasteiger partial charge in [-0.05, 0) is 24.0 Å². The molecule has 3 rings (SSSR count). The Morgan fingerprint density at radius 3 is 2.28 bits per heavy atom. The Labute approximate surface area is 108 Å². The fourth-order valence-electron chi connectivity index (χ4n) is 2.78. The van der Waals surface area contributed by atoms with Gasteiger partial charge in [0.15, 0.2) is 0 Å². The molecule has 0 N–H and O–H groups in total. The SMILES string of the molecule is c1ccc(CC2OCCC2c2ccccc2)cc1. The predicted octanol–water partition coefficient (Wildman–Crippen LogP) is 3.80. The summed E-state index contributed by atoms with van der Waals surface area (Å²) in [6, 6.07) is 21.4. The van der Waals surface area contributed by atoms with Crippen molar-refractivity contribution in [2.45, 2.75) is 24.9 Å². The highest BCUT2D eigenvalue weighted by Crippen LogP contribution is 2.33. The first-order valence-corrected chi connectivity index (χ1v) is 6.64. The van der Waals surface area contributed by atoms with Crippen LogP contribution in [0.25, 0.3) is 0 Å². The zero-order valence-corrected chi connectivity index (χ0v) is 10.5. The molecule has 18 heavy (non-hydrogen) atoms. The predicted molar refractivity (Wildman–Crippen MR) is 73.7 cm³/mol. The second-order valence-electron chi connectivity index (χ2n) is 4.90. The molecule has 1 aliphatic rings. The number of ether oxygens (including phenoxy) is 1. The van der Waals surface area contributed by atoms with Crippen molar-refractivity contribution in [2.24, 2.45) is 0 Å². The summed E-state index contributed by atoms with van der Waals surface area (Å²) < 4.78 is 5.92. The average Bonchev–Trinajstić information content (AvgIpc) is 2.89. The van der Waals surface area contributed by atoms with Crippen LogP contribution in [-0.2, 0) is 11.2 Å². The minimum Gasteiger partial charge on any atom is -0.377 e. The Balaban J connectivity index is 1.76. The van der Waals surface area contributed by atoms with Crippen molar-refractivity contribution in [3.8, 4) is 0 Å². The van der Waals surface area contributed by atoms with Crippen LogP contribution in [-0.4, -0.2) is 12.7 Å². The minimum absolute atomic E-state index is 0.329. The fraction of sp³-hybridized carbons (Fsp3) is 0.294. The third-order valence-electron chi connectivity index (χ3n) is 3.72. The Kier molecular flexibility index (Phi) is 3.42. The lowest BCUT2D eigenvalue weighted by atomic mass is 9.89. The van der Waals surface area contributed by atoms with Gasteiger partial charge in [-0.2, -0.15) is 0 Å². The normalized spacial score (nSPS) is 23.1. The van der Waals surface area contributed by atoms with E-state index in [1.807, 2.05) is 0 Å². The third kappa shape index (κ3) is 2.46. The fourth-order valence-corrected chi connectivity index (χ4v) is 2.78. The van der Waals surface area contributed by atoms with Gasteiger partial charge in [-0.1, -0.05) is 60.7 Å². The number of rotatable bonds is 3. The minimum atomic E-state index is 0.329. The lowest BCUT2D eigenvalue weighted by Crippen LogP contribution is -2.17. The van der Waals surface area contributed by atoms with Crippen LogP contribution in [0.3, 0.4) is 0 Å². The van der Waals surface area contributed by atoms with E-state index < -0.39 is 0 Å². The van der Waals surface area contributed by atoms with Crippen LogP contribution in [0, 0.1) is 0 Å². The van der Waals surface area contributed by atoms with E-state index in [2.05, 4.69) is 60.7 Å². The van der Waals surface area contributed by atoms with Gasteiger partial charge in [0.25, 0.3) is 0 Å². The van der Waals surface area contributed by atoms with E-state index in [1.54, 1.807) is 0 Å². The molecular weight excluding hydrogens is 220 g/mol. The molecule has 0 radical (unpaired) electrons. The van der Waals surface area contributed by atoms with Crippen molar-refractivity contribution in [1.29, 1.82) is 0 Å². The van der Waals surface area contributed by atoms with Gasteiger partial charge in [0.2, 0.25) is 0 Å². The van der Waals surface area contributed by atoms with Gasteiger partial charge >= 0.3 is 0 Å². The molecule has 2 aromatic carbocycles. The van der Waals surface area contributed by atoms with Crippen molar-refractivity contribution in [2.75, 3.05) is 6.61 Å². The van der Waals surface area contributed by atoms with Crippen LogP contribution in [0.2, 0.25) is 0 Å². The molecule has 1 aliphatic heterocycles. The monoisotopic (exact) mass is 238 g/mol. The van der Waals surface area contributed by atoms with Gasteiger partial charge in [0.05, 0.1) is 6.10 Å². The van der Waals surface area contributed by atoms with Crippen molar-refractivity contribution >= 4 is 0 Å². The van der Waals surface area contributed by atoms with E-state index in [0.29, 0.717) is 12.0 Å². The standard InChI is InChI=1S/C17H18O/c1-3-7-14(8-4-1)13-17-16(11-12-18-17)15-9-5-2-6-10-15/h1-10,16-17H,11-13H2. The zero-order valence-electron chi connectivity index (χ0n) is 10.5. The van der Waals surface area contributed by atoms with Crippen molar-refractivity contribution in [3.63, 3.8) is 0 Å². The van der Waals surface area contributed by atoms with Crippen LogP contribution in [0.15, 0.2) is 60.7 Å². The molecule has 1 saturated heterocycles. The molecule has 0 aliphatic carbocycles. The quantitative estimate of drug-likeness (QED) is 0.790. The Bertz CT molecular complexity index is 477. The molecule has 2 aromatic rings. The first-order valence-electron chi connectivity index (χ1n) is 6.64. The smallest absolute Gasteiger partial charge is 0.0684 e. The van der Waals surface area contributed by atoms with Gasteiger partial charge < -0.3 is 4.74 Å². The van der Waals surface area contributed by atoms with Crippen molar-refractivity contribution in [1.82, 2.24) is 0 Å². The number of hydrogen-bond donors (Lipinski definition) is 0. The second kappa shape index (κ2) is 5.36. The van der Waals surface area contributed by atoms with E-state index in [-0.39, 0.29) is 0 Å². The van der Waals surface area contributed by atoms with Gasteiger partial charge in [-0.3, -0.25) is 0 Å². The first-order chi connectivity index (χ1) is 8.93. The van der Waals surface area contributed by atoms with E-state index in [1.165, 1.54) is 11.1 Å². The van der Waals surface area contributed by atoms with Crippen LogP contribution >= 0.6 is 0 Å². The molecule has 0 aromatic heterocycles. The topological polar surface area (TPSA) is 9.23 Å². The van der Waals surface area contributed by atoms with Gasteiger partial charge in [-0.25, -0.2) is 0 Å². The summed E-state index contributed by atoms with van der Waals surface area (Å²) in [5, 5.41) is 0. The summed E-state index contributed by atoms with van der Waals surface area (Å²) in [7, 11) is 0. The Morgan fingerprint density at radius 2 is 1.56 bits per heavy atom. The summed E-state index contributed by atoms with van der Waals surface area (Å²) in [5.74, 6) is 0.548. The van der Waals surface area contributed by atoms with Crippen molar-refractivity contribution < 1.29 is 4.74 Å². The molecule has 92 valence electrons. The highest BCUT2D eigenvalue weighted by Gasteiger charge is 2.29. The highest BCUT2D eigenvalue weighted by atomic mass is 16.5. The molecule has 0 saturated carbocycles. The van der Waals surface area contributed by atoms with E-state index in [0.717, 1.165) is 19.4 Å². The summed E-state index contributed by atoms with van der Waals surface area (Å²) >= 11 is 0. The first kappa shape index (κ1) is 11.5. The summed E-state index contributed by atoms with van der Waals surface area (Å²) in [4.78, 5) is 0. The molecule has 1 heteroatoms. The molecule has 2 atom stereocenters. The van der Waals surface area contributed by atoms with Crippen LogP contribution < -0.4 is 0 Å². The van der Waals surface area contributed by atoms with E-state index >= 15 is 0 Å². The summed E-state index contributed by atoms with van der Waals surface area (Å²) in [6.07, 6.45) is 2.48.